The molecule has 130 valence electrons. The van der Waals surface area contributed by atoms with E-state index in [2.05, 4.69) is 5.32 Å². The number of fused-ring (bicyclic) bond motifs is 1. The summed E-state index contributed by atoms with van der Waals surface area (Å²) in [5, 5.41) is 3.69. The minimum Gasteiger partial charge on any atom is -0.491 e. The Kier molecular flexibility index (Phi) is 4.78. The van der Waals surface area contributed by atoms with E-state index < -0.39 is 0 Å². The van der Waals surface area contributed by atoms with Gasteiger partial charge in [-0.1, -0.05) is 19.3 Å². The van der Waals surface area contributed by atoms with E-state index in [-0.39, 0.29) is 23.0 Å². The molecule has 0 aliphatic heterocycles. The van der Waals surface area contributed by atoms with E-state index in [9.17, 15) is 9.18 Å². The van der Waals surface area contributed by atoms with Gasteiger partial charge in [-0.25, -0.2) is 4.39 Å². The molecule has 0 amide bonds. The van der Waals surface area contributed by atoms with Crippen molar-refractivity contribution in [3.8, 4) is 5.75 Å². The van der Waals surface area contributed by atoms with Crippen LogP contribution in [-0.2, 0) is 0 Å². The van der Waals surface area contributed by atoms with Gasteiger partial charge in [-0.2, -0.15) is 0 Å². The fraction of sp³-hybridized carbons (Fsp3) is 0.526. The Morgan fingerprint density at radius 3 is 2.58 bits per heavy atom. The van der Waals surface area contributed by atoms with E-state index in [0.29, 0.717) is 17.1 Å². The maximum absolute atomic E-state index is 14.6. The van der Waals surface area contributed by atoms with Crippen LogP contribution >= 0.6 is 0 Å². The molecule has 1 heterocycles. The molecule has 1 aromatic carbocycles. The van der Waals surface area contributed by atoms with Crippen LogP contribution < -0.4 is 15.5 Å². The van der Waals surface area contributed by atoms with E-state index in [4.69, 9.17) is 4.74 Å². The molecule has 1 aliphatic carbocycles. The molecule has 1 saturated carbocycles. The van der Waals surface area contributed by atoms with E-state index in [1.807, 2.05) is 18.4 Å². The molecule has 0 spiro atoms. The largest absolute Gasteiger partial charge is 0.491 e. The van der Waals surface area contributed by atoms with Crippen LogP contribution in [0.4, 0.5) is 10.1 Å². The molecule has 4 nitrogen and oxygen atoms in total. The third-order valence-corrected chi connectivity index (χ3v) is 4.83. The van der Waals surface area contributed by atoms with Crippen molar-refractivity contribution in [3.63, 3.8) is 0 Å². The number of ether oxygens (including phenoxy) is 1. The third kappa shape index (κ3) is 3.12. The summed E-state index contributed by atoms with van der Waals surface area (Å²) in [6.07, 6.45) is 7.46. The van der Waals surface area contributed by atoms with Gasteiger partial charge in [0.1, 0.15) is 5.82 Å². The lowest BCUT2D eigenvalue weighted by Gasteiger charge is -2.25. The Bertz CT molecular complexity index is 792. The number of methoxy groups -OCH3 is 1. The first-order chi connectivity index (χ1) is 11.5. The summed E-state index contributed by atoms with van der Waals surface area (Å²) in [5.74, 6) is -0.141. The molecule has 1 aromatic heterocycles. The van der Waals surface area contributed by atoms with Gasteiger partial charge in [-0.15, -0.1) is 0 Å². The zero-order chi connectivity index (χ0) is 17.3. The molecule has 3 rings (SSSR count). The van der Waals surface area contributed by atoms with Crippen molar-refractivity contribution < 1.29 is 9.13 Å². The van der Waals surface area contributed by atoms with Crippen molar-refractivity contribution in [2.45, 2.75) is 58.0 Å². The number of nitrogens with zero attached hydrogens (tertiary/aromatic N) is 1. The molecule has 0 bridgehead atoms. The van der Waals surface area contributed by atoms with E-state index in [1.165, 1.54) is 32.4 Å². The van der Waals surface area contributed by atoms with Crippen LogP contribution in [0, 0.1) is 5.82 Å². The predicted octanol–water partition coefficient (Wildman–Crippen LogP) is 4.47. The molecule has 1 N–H and O–H groups in total. The second-order valence-corrected chi connectivity index (χ2v) is 6.86. The Hall–Kier alpha value is -2.04. The maximum Gasteiger partial charge on any atom is 0.231 e. The Morgan fingerprint density at radius 2 is 1.96 bits per heavy atom. The number of pyridine rings is 1. The highest BCUT2D eigenvalue weighted by Crippen LogP contribution is 2.28. The van der Waals surface area contributed by atoms with Crippen molar-refractivity contribution in [2.24, 2.45) is 0 Å². The van der Waals surface area contributed by atoms with Gasteiger partial charge in [0, 0.05) is 12.1 Å². The number of anilines is 1. The van der Waals surface area contributed by atoms with Crippen molar-refractivity contribution in [2.75, 3.05) is 12.4 Å². The Labute approximate surface area is 141 Å². The lowest BCUT2D eigenvalue weighted by Crippen LogP contribution is -2.23. The lowest BCUT2D eigenvalue weighted by atomic mass is 9.95. The molecule has 2 aromatic rings. The summed E-state index contributed by atoms with van der Waals surface area (Å²) in [4.78, 5) is 12.5. The molecular formula is C19H25FN2O2. The topological polar surface area (TPSA) is 43.3 Å². The standard InChI is InChI=1S/C19H25FN2O2/c1-12(2)22-11-18(24-3)19(23)14-9-15(20)16(10-17(14)22)21-13-7-5-4-6-8-13/h9-13,21H,4-8H2,1-3H3. The SMILES string of the molecule is COc1cn(C(C)C)c2cc(NC3CCCCC3)c(F)cc2c1=O. The van der Waals surface area contributed by atoms with Crippen LogP contribution in [0.5, 0.6) is 5.75 Å². The molecule has 0 unspecified atom stereocenters. The fourth-order valence-corrected chi connectivity index (χ4v) is 3.49. The minimum atomic E-state index is -0.381. The van der Waals surface area contributed by atoms with Crippen molar-refractivity contribution in [1.82, 2.24) is 4.57 Å². The fourth-order valence-electron chi connectivity index (χ4n) is 3.49. The van der Waals surface area contributed by atoms with E-state index in [0.717, 1.165) is 18.4 Å². The van der Waals surface area contributed by atoms with Crippen molar-refractivity contribution in [1.29, 1.82) is 0 Å². The third-order valence-electron chi connectivity index (χ3n) is 4.83. The van der Waals surface area contributed by atoms with E-state index >= 15 is 0 Å². The van der Waals surface area contributed by atoms with Gasteiger partial charge in [-0.3, -0.25) is 4.79 Å². The summed E-state index contributed by atoms with van der Waals surface area (Å²) in [5.41, 5.74) is 0.941. The number of nitrogens with one attached hydrogen (secondary N) is 1. The van der Waals surface area contributed by atoms with Crippen LogP contribution in [0.2, 0.25) is 0 Å². The zero-order valence-electron chi connectivity index (χ0n) is 14.6. The minimum absolute atomic E-state index is 0.134. The first-order valence-corrected chi connectivity index (χ1v) is 8.70. The second-order valence-electron chi connectivity index (χ2n) is 6.86. The second kappa shape index (κ2) is 6.83. The first-order valence-electron chi connectivity index (χ1n) is 8.70. The highest BCUT2D eigenvalue weighted by Gasteiger charge is 2.18. The number of halogens is 1. The summed E-state index contributed by atoms with van der Waals surface area (Å²) in [7, 11) is 1.46. The van der Waals surface area contributed by atoms with Gasteiger partial charge in [0.15, 0.2) is 5.75 Å². The number of rotatable bonds is 4. The predicted molar refractivity (Wildman–Crippen MR) is 95.6 cm³/mol. The highest BCUT2D eigenvalue weighted by molar-refractivity contribution is 5.84. The van der Waals surface area contributed by atoms with Crippen molar-refractivity contribution >= 4 is 16.6 Å². The van der Waals surface area contributed by atoms with Gasteiger partial charge >= 0.3 is 0 Å². The zero-order valence-corrected chi connectivity index (χ0v) is 14.6. The molecule has 0 radical (unpaired) electrons. The van der Waals surface area contributed by atoms with Gasteiger partial charge in [0.05, 0.1) is 29.9 Å². The molecule has 1 fully saturated rings. The van der Waals surface area contributed by atoms with Crippen LogP contribution in [0.3, 0.4) is 0 Å². The van der Waals surface area contributed by atoms with Crippen LogP contribution in [0.1, 0.15) is 52.0 Å². The monoisotopic (exact) mass is 332 g/mol. The number of hydrogen-bond donors (Lipinski definition) is 1. The summed E-state index contributed by atoms with van der Waals surface area (Å²) in [6, 6.07) is 3.54. The molecule has 1 aliphatic rings. The number of hydrogen-bond acceptors (Lipinski definition) is 3. The number of aromatic nitrogens is 1. The Balaban J connectivity index is 2.11. The van der Waals surface area contributed by atoms with Gasteiger partial charge in [0.25, 0.3) is 0 Å². The molecular weight excluding hydrogens is 307 g/mol. The van der Waals surface area contributed by atoms with Gasteiger partial charge < -0.3 is 14.6 Å². The van der Waals surface area contributed by atoms with Crippen LogP contribution in [-0.4, -0.2) is 17.7 Å². The van der Waals surface area contributed by atoms with Gasteiger partial charge in [-0.05, 0) is 38.8 Å². The Morgan fingerprint density at radius 1 is 1.25 bits per heavy atom. The van der Waals surface area contributed by atoms with Gasteiger partial charge in [0.2, 0.25) is 5.43 Å². The number of benzene rings is 1. The first kappa shape index (κ1) is 16.8. The summed E-state index contributed by atoms with van der Waals surface area (Å²) in [6.45, 7) is 4.06. The smallest absolute Gasteiger partial charge is 0.231 e. The van der Waals surface area contributed by atoms with Crippen LogP contribution in [0.25, 0.3) is 10.9 Å². The molecule has 0 atom stereocenters. The molecule has 0 saturated heterocycles. The average molecular weight is 332 g/mol. The summed E-state index contributed by atoms with van der Waals surface area (Å²) >= 11 is 0. The lowest BCUT2D eigenvalue weighted by molar-refractivity contribution is 0.404. The highest BCUT2D eigenvalue weighted by atomic mass is 19.1. The van der Waals surface area contributed by atoms with E-state index in [1.54, 1.807) is 12.3 Å². The quantitative estimate of drug-likeness (QED) is 0.898. The molecule has 24 heavy (non-hydrogen) atoms. The average Bonchev–Trinajstić information content (AvgIpc) is 2.57. The summed E-state index contributed by atoms with van der Waals surface area (Å²) < 4.78 is 21.7. The van der Waals surface area contributed by atoms with Crippen LogP contribution in [0.15, 0.2) is 23.1 Å². The molecule has 5 heteroatoms. The normalized spacial score (nSPS) is 15.9. The van der Waals surface area contributed by atoms with Crippen molar-refractivity contribution in [3.05, 3.63) is 34.4 Å². The maximum atomic E-state index is 14.6.